The molecule has 2 saturated heterocycles. The van der Waals surface area contributed by atoms with Crippen molar-refractivity contribution in [2.24, 2.45) is 0 Å². The van der Waals surface area contributed by atoms with Crippen LogP contribution in [0.3, 0.4) is 0 Å². The Morgan fingerprint density at radius 1 is 1.08 bits per heavy atom. The Kier molecular flexibility index (Phi) is 5.12. The first-order valence-electron chi connectivity index (χ1n) is 9.01. The SMILES string of the molecule is Fc1ccc(N2CCN(Cc3noc(C4CCOCC4)n3)CC2)c(F)c1. The van der Waals surface area contributed by atoms with Crippen LogP contribution in [0.15, 0.2) is 22.7 Å². The molecule has 0 atom stereocenters. The van der Waals surface area contributed by atoms with Crippen LogP contribution in [0.5, 0.6) is 0 Å². The van der Waals surface area contributed by atoms with Crippen LogP contribution < -0.4 is 4.90 Å². The highest BCUT2D eigenvalue weighted by atomic mass is 19.1. The fourth-order valence-electron chi connectivity index (χ4n) is 3.53. The van der Waals surface area contributed by atoms with Crippen LogP contribution in [-0.2, 0) is 11.3 Å². The summed E-state index contributed by atoms with van der Waals surface area (Å²) in [7, 11) is 0. The molecular formula is C18H22F2N4O2. The molecule has 0 saturated carbocycles. The largest absolute Gasteiger partial charge is 0.381 e. The molecule has 6 nitrogen and oxygen atoms in total. The molecule has 2 fully saturated rings. The fourth-order valence-corrected chi connectivity index (χ4v) is 3.53. The van der Waals surface area contributed by atoms with Gasteiger partial charge in [-0.05, 0) is 25.0 Å². The Hall–Kier alpha value is -2.06. The first-order valence-corrected chi connectivity index (χ1v) is 9.01. The Morgan fingerprint density at radius 2 is 1.85 bits per heavy atom. The molecule has 1 aromatic heterocycles. The molecule has 2 aliphatic rings. The molecule has 0 bridgehead atoms. The van der Waals surface area contributed by atoms with Gasteiger partial charge in [-0.25, -0.2) is 8.78 Å². The van der Waals surface area contributed by atoms with Gasteiger partial charge in [0.25, 0.3) is 0 Å². The Balaban J connectivity index is 1.32. The van der Waals surface area contributed by atoms with Gasteiger partial charge in [0.15, 0.2) is 5.82 Å². The highest BCUT2D eigenvalue weighted by molar-refractivity contribution is 5.48. The van der Waals surface area contributed by atoms with Crippen molar-refractivity contribution in [3.8, 4) is 0 Å². The van der Waals surface area contributed by atoms with Crippen molar-refractivity contribution in [3.05, 3.63) is 41.5 Å². The van der Waals surface area contributed by atoms with E-state index in [2.05, 4.69) is 15.0 Å². The van der Waals surface area contributed by atoms with Gasteiger partial charge in [-0.15, -0.1) is 0 Å². The van der Waals surface area contributed by atoms with Gasteiger partial charge >= 0.3 is 0 Å². The summed E-state index contributed by atoms with van der Waals surface area (Å²) in [5, 5.41) is 4.10. The van der Waals surface area contributed by atoms with Crippen molar-refractivity contribution in [1.82, 2.24) is 15.0 Å². The number of ether oxygens (including phenoxy) is 1. The van der Waals surface area contributed by atoms with Crippen molar-refractivity contribution in [1.29, 1.82) is 0 Å². The normalized spacial score (nSPS) is 19.8. The van der Waals surface area contributed by atoms with Crippen LogP contribution in [0.1, 0.15) is 30.5 Å². The summed E-state index contributed by atoms with van der Waals surface area (Å²) in [5.41, 5.74) is 0.451. The van der Waals surface area contributed by atoms with E-state index >= 15 is 0 Å². The quantitative estimate of drug-likeness (QED) is 0.831. The van der Waals surface area contributed by atoms with Gasteiger partial charge < -0.3 is 14.2 Å². The van der Waals surface area contributed by atoms with E-state index in [9.17, 15) is 8.78 Å². The Morgan fingerprint density at radius 3 is 2.58 bits per heavy atom. The molecule has 1 aromatic carbocycles. The summed E-state index contributed by atoms with van der Waals surface area (Å²) in [6.07, 6.45) is 1.84. The van der Waals surface area contributed by atoms with Crippen molar-refractivity contribution in [2.75, 3.05) is 44.3 Å². The molecule has 2 aromatic rings. The lowest BCUT2D eigenvalue weighted by molar-refractivity contribution is 0.0778. The lowest BCUT2D eigenvalue weighted by atomic mass is 10.0. The first-order chi connectivity index (χ1) is 12.7. The van der Waals surface area contributed by atoms with E-state index in [1.165, 1.54) is 12.1 Å². The third kappa shape index (κ3) is 3.86. The molecule has 0 radical (unpaired) electrons. The Bertz CT molecular complexity index is 741. The molecule has 3 heterocycles. The zero-order chi connectivity index (χ0) is 17.9. The molecule has 2 aliphatic heterocycles. The van der Waals surface area contributed by atoms with Crippen molar-refractivity contribution < 1.29 is 18.0 Å². The summed E-state index contributed by atoms with van der Waals surface area (Å²) in [5.74, 6) is 0.617. The van der Waals surface area contributed by atoms with E-state index < -0.39 is 11.6 Å². The average molecular weight is 364 g/mol. The predicted molar refractivity (Wildman–Crippen MR) is 90.9 cm³/mol. The molecule has 0 unspecified atom stereocenters. The second-order valence-corrected chi connectivity index (χ2v) is 6.79. The molecule has 0 spiro atoms. The number of aromatic nitrogens is 2. The van der Waals surface area contributed by atoms with Crippen molar-refractivity contribution >= 4 is 5.69 Å². The topological polar surface area (TPSA) is 54.6 Å². The van der Waals surface area contributed by atoms with Crippen molar-refractivity contribution in [3.63, 3.8) is 0 Å². The van der Waals surface area contributed by atoms with E-state index in [4.69, 9.17) is 9.26 Å². The first kappa shape index (κ1) is 17.4. The Labute approximate surface area is 150 Å². The third-order valence-electron chi connectivity index (χ3n) is 5.04. The highest BCUT2D eigenvalue weighted by Crippen LogP contribution is 2.26. The van der Waals surface area contributed by atoms with Gasteiger partial charge in [0, 0.05) is 51.4 Å². The number of rotatable bonds is 4. The average Bonchev–Trinajstić information content (AvgIpc) is 3.12. The molecule has 0 N–H and O–H groups in total. The summed E-state index contributed by atoms with van der Waals surface area (Å²) in [6, 6.07) is 3.72. The monoisotopic (exact) mass is 364 g/mol. The maximum atomic E-state index is 13.9. The van der Waals surface area contributed by atoms with E-state index in [1.54, 1.807) is 0 Å². The molecule has 4 rings (SSSR count). The second kappa shape index (κ2) is 7.67. The molecule has 26 heavy (non-hydrogen) atoms. The van der Waals surface area contributed by atoms with Gasteiger partial charge in [-0.3, -0.25) is 4.90 Å². The van der Waals surface area contributed by atoms with Crippen LogP contribution in [-0.4, -0.2) is 54.4 Å². The van der Waals surface area contributed by atoms with Crippen molar-refractivity contribution in [2.45, 2.75) is 25.3 Å². The fraction of sp³-hybridized carbons (Fsp3) is 0.556. The van der Waals surface area contributed by atoms with Gasteiger partial charge in [-0.1, -0.05) is 5.16 Å². The standard InChI is InChI=1S/C18H22F2N4O2/c19-14-1-2-16(15(20)11-14)24-7-5-23(6-8-24)12-17-21-18(26-22-17)13-3-9-25-10-4-13/h1-2,11,13H,3-10,12H2. The van der Waals surface area contributed by atoms with Crippen LogP contribution in [0.4, 0.5) is 14.5 Å². The zero-order valence-corrected chi connectivity index (χ0v) is 14.5. The smallest absolute Gasteiger partial charge is 0.229 e. The summed E-state index contributed by atoms with van der Waals surface area (Å²) in [6.45, 7) is 4.97. The maximum Gasteiger partial charge on any atom is 0.229 e. The van der Waals surface area contributed by atoms with Gasteiger partial charge in [0.05, 0.1) is 12.2 Å². The molecule has 0 aliphatic carbocycles. The summed E-state index contributed by atoms with van der Waals surface area (Å²) >= 11 is 0. The number of benzene rings is 1. The van der Waals surface area contributed by atoms with Gasteiger partial charge in [0.2, 0.25) is 5.89 Å². The minimum Gasteiger partial charge on any atom is -0.381 e. The van der Waals surface area contributed by atoms with Crippen LogP contribution in [0.25, 0.3) is 0 Å². The molecule has 140 valence electrons. The molecular weight excluding hydrogens is 342 g/mol. The second-order valence-electron chi connectivity index (χ2n) is 6.79. The van der Waals surface area contributed by atoms with Gasteiger partial charge in [0.1, 0.15) is 11.6 Å². The summed E-state index contributed by atoms with van der Waals surface area (Å²) in [4.78, 5) is 8.70. The number of nitrogens with zero attached hydrogens (tertiary/aromatic N) is 4. The highest BCUT2D eigenvalue weighted by Gasteiger charge is 2.24. The van der Waals surface area contributed by atoms with E-state index in [-0.39, 0.29) is 0 Å². The lowest BCUT2D eigenvalue weighted by Crippen LogP contribution is -2.46. The van der Waals surface area contributed by atoms with E-state index in [1.807, 2.05) is 4.90 Å². The van der Waals surface area contributed by atoms with Crippen LogP contribution in [0.2, 0.25) is 0 Å². The number of hydrogen-bond acceptors (Lipinski definition) is 6. The number of halogens is 2. The lowest BCUT2D eigenvalue weighted by Gasteiger charge is -2.35. The third-order valence-corrected chi connectivity index (χ3v) is 5.04. The van der Waals surface area contributed by atoms with Crippen LogP contribution in [0, 0.1) is 11.6 Å². The number of piperazine rings is 1. The van der Waals surface area contributed by atoms with E-state index in [0.717, 1.165) is 45.2 Å². The summed E-state index contributed by atoms with van der Waals surface area (Å²) < 4.78 is 37.8. The molecule has 8 heteroatoms. The number of anilines is 1. The minimum absolute atomic E-state index is 0.295. The number of hydrogen-bond donors (Lipinski definition) is 0. The zero-order valence-electron chi connectivity index (χ0n) is 14.5. The molecule has 0 amide bonds. The van der Waals surface area contributed by atoms with Gasteiger partial charge in [-0.2, -0.15) is 4.98 Å². The van der Waals surface area contributed by atoms with Crippen LogP contribution >= 0.6 is 0 Å². The predicted octanol–water partition coefficient (Wildman–Crippen LogP) is 2.56. The van der Waals surface area contributed by atoms with E-state index in [0.29, 0.717) is 43.0 Å². The maximum absolute atomic E-state index is 13.9. The minimum atomic E-state index is -0.553.